The summed E-state index contributed by atoms with van der Waals surface area (Å²) in [7, 11) is 0. The lowest BCUT2D eigenvalue weighted by atomic mass is 10.1. The third-order valence-corrected chi connectivity index (χ3v) is 3.63. The van der Waals surface area contributed by atoms with E-state index in [9.17, 15) is 22.8 Å². The number of carbonyl (C=O) groups is 2. The first-order valence-electron chi connectivity index (χ1n) is 6.41. The average Bonchev–Trinajstić information content (AvgIpc) is 2.52. The Morgan fingerprint density at radius 3 is 2.39 bits per heavy atom. The summed E-state index contributed by atoms with van der Waals surface area (Å²) in [5.41, 5.74) is -0.871. The largest absolute Gasteiger partial charge is 0.454 e. The Kier molecular flexibility index (Phi) is 5.20. The van der Waals surface area contributed by atoms with Crippen LogP contribution < -0.4 is 0 Å². The Hall–Kier alpha value is -2.15. The van der Waals surface area contributed by atoms with Crippen molar-refractivity contribution in [2.75, 3.05) is 6.61 Å². The molecule has 2 aromatic carbocycles. The van der Waals surface area contributed by atoms with Gasteiger partial charge in [-0.15, -0.1) is 0 Å². The molecule has 0 aliphatic heterocycles. The summed E-state index contributed by atoms with van der Waals surface area (Å²) in [5.74, 6) is -1.45. The first-order chi connectivity index (χ1) is 10.8. The molecular weight excluding hydrogens is 377 g/mol. The summed E-state index contributed by atoms with van der Waals surface area (Å²) >= 11 is 3.17. The fourth-order valence-corrected chi connectivity index (χ4v) is 2.23. The summed E-state index contributed by atoms with van der Waals surface area (Å²) in [6, 6.07) is 10.4. The number of halogens is 4. The van der Waals surface area contributed by atoms with E-state index in [0.29, 0.717) is 4.47 Å². The molecular formula is C16H10BrF3O3. The molecule has 0 aliphatic carbocycles. The van der Waals surface area contributed by atoms with Crippen LogP contribution in [0.3, 0.4) is 0 Å². The van der Waals surface area contributed by atoms with Gasteiger partial charge < -0.3 is 4.74 Å². The zero-order valence-electron chi connectivity index (χ0n) is 11.6. The monoisotopic (exact) mass is 386 g/mol. The molecule has 0 N–H and O–H groups in total. The van der Waals surface area contributed by atoms with Crippen LogP contribution in [-0.4, -0.2) is 18.4 Å². The lowest BCUT2D eigenvalue weighted by Gasteiger charge is -2.09. The highest BCUT2D eigenvalue weighted by molar-refractivity contribution is 9.10. The summed E-state index contributed by atoms with van der Waals surface area (Å²) in [6.45, 7) is -0.637. The Morgan fingerprint density at radius 2 is 1.74 bits per heavy atom. The Morgan fingerprint density at radius 1 is 1.04 bits per heavy atom. The normalized spacial score (nSPS) is 11.1. The van der Waals surface area contributed by atoms with Gasteiger partial charge in [-0.3, -0.25) is 4.79 Å². The molecule has 23 heavy (non-hydrogen) atoms. The van der Waals surface area contributed by atoms with Crippen molar-refractivity contribution in [2.24, 2.45) is 0 Å². The van der Waals surface area contributed by atoms with E-state index >= 15 is 0 Å². The second kappa shape index (κ2) is 6.95. The van der Waals surface area contributed by atoms with Crippen LogP contribution in [0.2, 0.25) is 0 Å². The third-order valence-electron chi connectivity index (χ3n) is 2.94. The van der Waals surface area contributed by atoms with Crippen molar-refractivity contribution in [3.63, 3.8) is 0 Å². The maximum absolute atomic E-state index is 12.6. The van der Waals surface area contributed by atoms with Crippen LogP contribution in [0.5, 0.6) is 0 Å². The van der Waals surface area contributed by atoms with Crippen molar-refractivity contribution < 1.29 is 27.5 Å². The highest BCUT2D eigenvalue weighted by Crippen LogP contribution is 2.29. The molecule has 0 fully saturated rings. The molecule has 0 bridgehead atoms. The van der Waals surface area contributed by atoms with Gasteiger partial charge in [0.15, 0.2) is 12.4 Å². The van der Waals surface area contributed by atoms with Gasteiger partial charge in [-0.2, -0.15) is 13.2 Å². The maximum atomic E-state index is 12.6. The van der Waals surface area contributed by atoms with Crippen LogP contribution in [0.4, 0.5) is 13.2 Å². The number of benzene rings is 2. The molecule has 0 amide bonds. The minimum Gasteiger partial charge on any atom is -0.454 e. The standard InChI is InChI=1S/C16H10BrF3O3/c17-13-7-2-1-6-12(13)15(22)23-9-14(21)10-4-3-5-11(8-10)16(18,19)20/h1-8H,9H2. The fraction of sp³-hybridized carbons (Fsp3) is 0.125. The molecule has 0 unspecified atom stereocenters. The van der Waals surface area contributed by atoms with Crippen LogP contribution in [0, 0.1) is 0 Å². The highest BCUT2D eigenvalue weighted by atomic mass is 79.9. The van der Waals surface area contributed by atoms with Crippen LogP contribution in [0.1, 0.15) is 26.3 Å². The van der Waals surface area contributed by atoms with E-state index in [1.165, 1.54) is 12.1 Å². The van der Waals surface area contributed by atoms with Gasteiger partial charge in [-0.1, -0.05) is 24.3 Å². The predicted molar refractivity (Wildman–Crippen MR) is 80.2 cm³/mol. The highest BCUT2D eigenvalue weighted by Gasteiger charge is 2.30. The first-order valence-corrected chi connectivity index (χ1v) is 7.20. The number of hydrogen-bond acceptors (Lipinski definition) is 3. The second-order valence-electron chi connectivity index (χ2n) is 4.56. The summed E-state index contributed by atoms with van der Waals surface area (Å²) in [4.78, 5) is 23.7. The minimum absolute atomic E-state index is 0.167. The van der Waals surface area contributed by atoms with Gasteiger partial charge in [0.05, 0.1) is 11.1 Å². The molecule has 2 aromatic rings. The summed E-state index contributed by atoms with van der Waals surface area (Å²) < 4.78 is 43.2. The van der Waals surface area contributed by atoms with Gasteiger partial charge in [0.2, 0.25) is 0 Å². The number of hydrogen-bond donors (Lipinski definition) is 0. The predicted octanol–water partition coefficient (Wildman–Crippen LogP) is 4.51. The second-order valence-corrected chi connectivity index (χ2v) is 5.41. The number of esters is 1. The fourth-order valence-electron chi connectivity index (χ4n) is 1.79. The minimum atomic E-state index is -4.54. The molecule has 0 saturated carbocycles. The van der Waals surface area contributed by atoms with Crippen LogP contribution in [0.15, 0.2) is 53.0 Å². The molecule has 0 atom stereocenters. The third kappa shape index (κ3) is 4.41. The van der Waals surface area contributed by atoms with Gasteiger partial charge in [-0.25, -0.2) is 4.79 Å². The quantitative estimate of drug-likeness (QED) is 0.573. The molecule has 0 saturated heterocycles. The SMILES string of the molecule is O=C(COC(=O)c1ccccc1Br)c1cccc(C(F)(F)F)c1. The zero-order chi connectivity index (χ0) is 17.0. The molecule has 120 valence electrons. The van der Waals surface area contributed by atoms with Crippen molar-refractivity contribution in [2.45, 2.75) is 6.18 Å². The average molecular weight is 387 g/mol. The van der Waals surface area contributed by atoms with E-state index in [0.717, 1.165) is 18.2 Å². The Labute approximate surface area is 138 Å². The molecule has 7 heteroatoms. The van der Waals surface area contributed by atoms with E-state index in [1.807, 2.05) is 0 Å². The van der Waals surface area contributed by atoms with Crippen molar-refractivity contribution in [1.82, 2.24) is 0 Å². The van der Waals surface area contributed by atoms with Crippen molar-refractivity contribution in [3.05, 3.63) is 69.7 Å². The zero-order valence-corrected chi connectivity index (χ0v) is 13.1. The van der Waals surface area contributed by atoms with E-state index in [4.69, 9.17) is 4.74 Å². The van der Waals surface area contributed by atoms with Crippen LogP contribution >= 0.6 is 15.9 Å². The number of ether oxygens (including phenoxy) is 1. The van der Waals surface area contributed by atoms with Gasteiger partial charge in [-0.05, 0) is 40.2 Å². The van der Waals surface area contributed by atoms with Crippen molar-refractivity contribution in [1.29, 1.82) is 0 Å². The molecule has 0 spiro atoms. The van der Waals surface area contributed by atoms with Crippen molar-refractivity contribution in [3.8, 4) is 0 Å². The number of ketones is 1. The van der Waals surface area contributed by atoms with Crippen LogP contribution in [0.25, 0.3) is 0 Å². The Bertz CT molecular complexity index is 741. The number of Topliss-reactive ketones (excluding diaryl/α,β-unsaturated/α-hetero) is 1. The summed E-state index contributed by atoms with van der Waals surface area (Å²) in [6.07, 6.45) is -4.54. The molecule has 0 aliphatic rings. The van der Waals surface area contributed by atoms with E-state index < -0.39 is 30.1 Å². The molecule has 2 rings (SSSR count). The number of rotatable bonds is 4. The summed E-state index contributed by atoms with van der Waals surface area (Å²) in [5, 5.41) is 0. The van der Waals surface area contributed by atoms with E-state index in [1.54, 1.807) is 18.2 Å². The van der Waals surface area contributed by atoms with Crippen LogP contribution in [-0.2, 0) is 10.9 Å². The number of carbonyl (C=O) groups excluding carboxylic acids is 2. The van der Waals surface area contributed by atoms with Gasteiger partial charge in [0.25, 0.3) is 0 Å². The molecule has 0 heterocycles. The molecule has 0 aromatic heterocycles. The van der Waals surface area contributed by atoms with Crippen molar-refractivity contribution >= 4 is 27.7 Å². The van der Waals surface area contributed by atoms with Gasteiger partial charge >= 0.3 is 12.1 Å². The smallest absolute Gasteiger partial charge is 0.416 e. The Balaban J connectivity index is 2.06. The van der Waals surface area contributed by atoms with Gasteiger partial charge in [0.1, 0.15) is 0 Å². The topological polar surface area (TPSA) is 43.4 Å². The molecule has 3 nitrogen and oxygen atoms in total. The lowest BCUT2D eigenvalue weighted by Crippen LogP contribution is -2.15. The maximum Gasteiger partial charge on any atom is 0.416 e. The van der Waals surface area contributed by atoms with E-state index in [-0.39, 0.29) is 11.1 Å². The van der Waals surface area contributed by atoms with Gasteiger partial charge in [0, 0.05) is 10.0 Å². The van der Waals surface area contributed by atoms with E-state index in [2.05, 4.69) is 15.9 Å². The number of alkyl halides is 3. The molecule has 0 radical (unpaired) electrons. The lowest BCUT2D eigenvalue weighted by molar-refractivity contribution is -0.137. The first kappa shape index (κ1) is 17.2.